The maximum Gasteiger partial charge on any atom is 0.276 e. The lowest BCUT2D eigenvalue weighted by Crippen LogP contribution is -2.01. The van der Waals surface area contributed by atoms with Crippen molar-refractivity contribution in [3.05, 3.63) is 70.6 Å². The van der Waals surface area contributed by atoms with Gasteiger partial charge in [-0.05, 0) is 38.0 Å². The van der Waals surface area contributed by atoms with Crippen molar-refractivity contribution in [1.82, 2.24) is 10.2 Å². The molecule has 0 atom stereocenters. The van der Waals surface area contributed by atoms with Crippen LogP contribution in [0.5, 0.6) is 0 Å². The SMILES string of the molecule is Cc1ccc(CSc2nnc(CNc3ccc(C)cc3C)o2)cc1. The number of benzene rings is 2. The normalized spacial score (nSPS) is 10.8. The molecule has 0 amide bonds. The Morgan fingerprint density at radius 3 is 2.46 bits per heavy atom. The van der Waals surface area contributed by atoms with Crippen molar-refractivity contribution in [2.45, 2.75) is 38.3 Å². The Morgan fingerprint density at radius 1 is 0.958 bits per heavy atom. The number of nitrogens with zero attached hydrogens (tertiary/aromatic N) is 2. The molecule has 0 bridgehead atoms. The predicted molar refractivity (Wildman–Crippen MR) is 98.3 cm³/mol. The number of nitrogens with one attached hydrogen (secondary N) is 1. The van der Waals surface area contributed by atoms with Gasteiger partial charge in [-0.15, -0.1) is 10.2 Å². The van der Waals surface area contributed by atoms with Gasteiger partial charge in [0.2, 0.25) is 5.89 Å². The highest BCUT2D eigenvalue weighted by Crippen LogP contribution is 2.22. The van der Waals surface area contributed by atoms with Gasteiger partial charge in [0.1, 0.15) is 0 Å². The maximum absolute atomic E-state index is 5.69. The van der Waals surface area contributed by atoms with Crippen molar-refractivity contribution in [3.63, 3.8) is 0 Å². The van der Waals surface area contributed by atoms with Crippen molar-refractivity contribution in [1.29, 1.82) is 0 Å². The summed E-state index contributed by atoms with van der Waals surface area (Å²) in [5.74, 6) is 1.42. The molecule has 124 valence electrons. The summed E-state index contributed by atoms with van der Waals surface area (Å²) >= 11 is 1.56. The van der Waals surface area contributed by atoms with E-state index in [2.05, 4.69) is 78.7 Å². The molecule has 3 aromatic rings. The molecule has 0 saturated heterocycles. The van der Waals surface area contributed by atoms with Crippen LogP contribution in [0.4, 0.5) is 5.69 Å². The Bertz CT molecular complexity index is 812. The zero-order chi connectivity index (χ0) is 16.9. The van der Waals surface area contributed by atoms with Gasteiger partial charge < -0.3 is 9.73 Å². The average Bonchev–Trinajstić information content (AvgIpc) is 3.01. The molecular weight excluding hydrogens is 318 g/mol. The minimum absolute atomic E-state index is 0.530. The number of rotatable bonds is 6. The lowest BCUT2D eigenvalue weighted by atomic mass is 10.1. The fourth-order valence-electron chi connectivity index (χ4n) is 2.38. The molecule has 0 saturated carbocycles. The lowest BCUT2D eigenvalue weighted by molar-refractivity contribution is 0.418. The van der Waals surface area contributed by atoms with Crippen LogP contribution in [0.3, 0.4) is 0 Å². The second-order valence-electron chi connectivity index (χ2n) is 5.91. The summed E-state index contributed by atoms with van der Waals surface area (Å²) in [5.41, 5.74) is 6.07. The van der Waals surface area contributed by atoms with Gasteiger partial charge in [0.25, 0.3) is 5.22 Å². The molecule has 1 N–H and O–H groups in total. The lowest BCUT2D eigenvalue weighted by Gasteiger charge is -2.07. The van der Waals surface area contributed by atoms with Crippen LogP contribution in [0, 0.1) is 20.8 Å². The summed E-state index contributed by atoms with van der Waals surface area (Å²) in [5, 5.41) is 12.2. The van der Waals surface area contributed by atoms with Gasteiger partial charge in [-0.25, -0.2) is 0 Å². The van der Waals surface area contributed by atoms with E-state index in [0.29, 0.717) is 17.7 Å². The molecule has 0 aliphatic heterocycles. The van der Waals surface area contributed by atoms with E-state index in [1.165, 1.54) is 22.3 Å². The van der Waals surface area contributed by atoms with E-state index in [1.54, 1.807) is 11.8 Å². The van der Waals surface area contributed by atoms with Crippen LogP contribution in [0.2, 0.25) is 0 Å². The minimum atomic E-state index is 0.530. The zero-order valence-corrected chi connectivity index (χ0v) is 15.0. The topological polar surface area (TPSA) is 51.0 Å². The third-order valence-corrected chi connectivity index (χ3v) is 4.63. The highest BCUT2D eigenvalue weighted by atomic mass is 32.2. The van der Waals surface area contributed by atoms with Crippen LogP contribution in [0.1, 0.15) is 28.1 Å². The van der Waals surface area contributed by atoms with Gasteiger partial charge in [-0.2, -0.15) is 0 Å². The first-order valence-electron chi connectivity index (χ1n) is 7.92. The Hall–Kier alpha value is -2.27. The molecule has 0 fully saturated rings. The van der Waals surface area contributed by atoms with Crippen molar-refractivity contribution in [2.24, 2.45) is 0 Å². The summed E-state index contributed by atoms with van der Waals surface area (Å²) in [6.07, 6.45) is 0. The zero-order valence-electron chi connectivity index (χ0n) is 14.2. The highest BCUT2D eigenvalue weighted by Gasteiger charge is 2.08. The van der Waals surface area contributed by atoms with E-state index >= 15 is 0 Å². The van der Waals surface area contributed by atoms with Gasteiger partial charge in [0, 0.05) is 11.4 Å². The Balaban J connectivity index is 1.54. The number of hydrogen-bond acceptors (Lipinski definition) is 5. The summed E-state index contributed by atoms with van der Waals surface area (Å²) in [6, 6.07) is 14.8. The van der Waals surface area contributed by atoms with Gasteiger partial charge >= 0.3 is 0 Å². The quantitative estimate of drug-likeness (QED) is 0.647. The van der Waals surface area contributed by atoms with Crippen LogP contribution < -0.4 is 5.32 Å². The molecule has 2 aromatic carbocycles. The van der Waals surface area contributed by atoms with E-state index in [9.17, 15) is 0 Å². The Kier molecular flexibility index (Phi) is 5.20. The standard InChI is InChI=1S/C19H21N3OS/c1-13-4-7-16(8-5-13)12-24-19-22-21-18(23-19)11-20-17-9-6-14(2)10-15(17)3/h4-10,20H,11-12H2,1-3H3. The third kappa shape index (κ3) is 4.38. The van der Waals surface area contributed by atoms with Crippen molar-refractivity contribution in [3.8, 4) is 0 Å². The molecule has 3 rings (SSSR count). The maximum atomic E-state index is 5.69. The number of aryl methyl sites for hydroxylation is 3. The summed E-state index contributed by atoms with van der Waals surface area (Å²) in [6.45, 7) is 6.80. The monoisotopic (exact) mass is 339 g/mol. The van der Waals surface area contributed by atoms with Crippen molar-refractivity contribution < 1.29 is 4.42 Å². The highest BCUT2D eigenvalue weighted by molar-refractivity contribution is 7.98. The van der Waals surface area contributed by atoms with E-state index < -0.39 is 0 Å². The van der Waals surface area contributed by atoms with Crippen LogP contribution in [0.15, 0.2) is 52.1 Å². The first-order chi connectivity index (χ1) is 11.6. The first kappa shape index (κ1) is 16.6. The second kappa shape index (κ2) is 7.53. The van der Waals surface area contributed by atoms with Gasteiger partial charge in [-0.3, -0.25) is 0 Å². The Morgan fingerprint density at radius 2 is 1.71 bits per heavy atom. The number of hydrogen-bond donors (Lipinski definition) is 1. The predicted octanol–water partition coefficient (Wildman–Crippen LogP) is 4.90. The second-order valence-corrected chi connectivity index (χ2v) is 6.83. The number of aromatic nitrogens is 2. The third-order valence-electron chi connectivity index (χ3n) is 3.74. The molecule has 1 aromatic heterocycles. The molecule has 0 radical (unpaired) electrons. The molecule has 1 heterocycles. The van der Waals surface area contributed by atoms with Gasteiger partial charge in [-0.1, -0.05) is 59.3 Å². The smallest absolute Gasteiger partial charge is 0.276 e. The molecule has 5 heteroatoms. The van der Waals surface area contributed by atoms with E-state index in [1.807, 2.05) is 0 Å². The van der Waals surface area contributed by atoms with Gasteiger partial charge in [0.05, 0.1) is 6.54 Å². The van der Waals surface area contributed by atoms with Crippen LogP contribution in [0.25, 0.3) is 0 Å². The van der Waals surface area contributed by atoms with Crippen LogP contribution >= 0.6 is 11.8 Å². The fraction of sp³-hybridized carbons (Fsp3) is 0.263. The van der Waals surface area contributed by atoms with Crippen LogP contribution in [-0.2, 0) is 12.3 Å². The van der Waals surface area contributed by atoms with Gasteiger partial charge in [0.15, 0.2) is 0 Å². The Labute approximate surface area is 146 Å². The minimum Gasteiger partial charge on any atom is -0.414 e. The summed E-state index contributed by atoms with van der Waals surface area (Å²) < 4.78 is 5.69. The van der Waals surface area contributed by atoms with Crippen LogP contribution in [-0.4, -0.2) is 10.2 Å². The van der Waals surface area contributed by atoms with E-state index in [-0.39, 0.29) is 0 Å². The fourth-order valence-corrected chi connectivity index (χ4v) is 3.12. The molecule has 0 aliphatic rings. The van der Waals surface area contributed by atoms with E-state index in [4.69, 9.17) is 4.42 Å². The number of anilines is 1. The van der Waals surface area contributed by atoms with Crippen molar-refractivity contribution >= 4 is 17.4 Å². The molecule has 4 nitrogen and oxygen atoms in total. The molecule has 0 unspecified atom stereocenters. The van der Waals surface area contributed by atoms with Crippen molar-refractivity contribution in [2.75, 3.05) is 5.32 Å². The number of thioether (sulfide) groups is 1. The largest absolute Gasteiger partial charge is 0.414 e. The summed E-state index contributed by atoms with van der Waals surface area (Å²) in [7, 11) is 0. The average molecular weight is 339 g/mol. The molecular formula is C19H21N3OS. The molecule has 0 aliphatic carbocycles. The summed E-state index contributed by atoms with van der Waals surface area (Å²) in [4.78, 5) is 0. The molecule has 24 heavy (non-hydrogen) atoms. The first-order valence-corrected chi connectivity index (χ1v) is 8.90. The van der Waals surface area contributed by atoms with E-state index in [0.717, 1.165) is 11.4 Å². The molecule has 0 spiro atoms.